The van der Waals surface area contributed by atoms with Crippen molar-refractivity contribution in [2.24, 2.45) is 0 Å². The Balaban J connectivity index is 1.59. The third-order valence-electron chi connectivity index (χ3n) is 6.99. The van der Waals surface area contributed by atoms with Gasteiger partial charge in [0.2, 0.25) is 0 Å². The third kappa shape index (κ3) is 5.83. The van der Waals surface area contributed by atoms with Gasteiger partial charge in [0.05, 0.1) is 30.3 Å². The number of hydrogen-bond acceptors (Lipinski definition) is 6. The van der Waals surface area contributed by atoms with Gasteiger partial charge in [0.1, 0.15) is 11.4 Å². The number of carbonyl (C=O) groups excluding carboxylic acids is 2. The maximum atomic E-state index is 13.7. The normalized spacial score (nSPS) is 17.8. The first-order chi connectivity index (χ1) is 17.2. The molecule has 36 heavy (non-hydrogen) atoms. The second-order valence-electron chi connectivity index (χ2n) is 10.5. The van der Waals surface area contributed by atoms with Crippen LogP contribution in [0.15, 0.2) is 30.5 Å². The predicted octanol–water partition coefficient (Wildman–Crippen LogP) is 3.77. The van der Waals surface area contributed by atoms with E-state index in [4.69, 9.17) is 9.47 Å². The van der Waals surface area contributed by atoms with Gasteiger partial charge < -0.3 is 24.2 Å². The molecule has 0 bridgehead atoms. The summed E-state index contributed by atoms with van der Waals surface area (Å²) in [5, 5.41) is 4.68. The molecule has 1 aromatic heterocycles. The lowest BCUT2D eigenvalue weighted by Gasteiger charge is -2.35. The van der Waals surface area contributed by atoms with Crippen molar-refractivity contribution in [3.05, 3.63) is 41.7 Å². The van der Waals surface area contributed by atoms with Gasteiger partial charge in [-0.05, 0) is 64.4 Å². The Labute approximate surface area is 213 Å². The number of methoxy groups -OCH3 is 1. The molecule has 0 unspecified atom stereocenters. The minimum Gasteiger partial charge on any atom is -0.497 e. The standard InChI is InChI=1S/C27H39N5O4/c1-6-29-15-17-30(18-16-29)25(33)23-19-28-32(21-7-9-22(35-5)10-8-21)24(23)20-11-13-31(14-12-20)26(34)36-27(2,3)4/h7-10,19-20H,6,11-18H2,1-5H3. The van der Waals surface area contributed by atoms with E-state index in [0.717, 1.165) is 62.7 Å². The highest BCUT2D eigenvalue weighted by Crippen LogP contribution is 2.33. The molecule has 0 N–H and O–H groups in total. The third-order valence-corrected chi connectivity index (χ3v) is 6.99. The second kappa shape index (κ2) is 10.9. The van der Waals surface area contributed by atoms with E-state index in [9.17, 15) is 9.59 Å². The SMILES string of the molecule is CCN1CCN(C(=O)c2cnn(-c3ccc(OC)cc3)c2C2CCN(C(=O)OC(C)(C)C)CC2)CC1. The summed E-state index contributed by atoms with van der Waals surface area (Å²) in [6.45, 7) is 13.2. The van der Waals surface area contributed by atoms with Crippen LogP contribution in [0.4, 0.5) is 4.79 Å². The molecule has 9 heteroatoms. The molecule has 2 fully saturated rings. The molecule has 4 rings (SSSR count). The molecule has 2 aliphatic rings. The molecule has 0 atom stereocenters. The number of amides is 2. The number of piperazine rings is 1. The molecule has 2 aliphatic heterocycles. The number of aromatic nitrogens is 2. The number of ether oxygens (including phenoxy) is 2. The maximum Gasteiger partial charge on any atom is 0.410 e. The number of rotatable bonds is 5. The van der Waals surface area contributed by atoms with E-state index in [2.05, 4.69) is 16.9 Å². The van der Waals surface area contributed by atoms with Crippen LogP contribution in [0.3, 0.4) is 0 Å². The topological polar surface area (TPSA) is 80.1 Å². The first-order valence-corrected chi connectivity index (χ1v) is 12.9. The summed E-state index contributed by atoms with van der Waals surface area (Å²) in [4.78, 5) is 32.3. The number of carbonyl (C=O) groups is 2. The quantitative estimate of drug-likeness (QED) is 0.626. The van der Waals surface area contributed by atoms with E-state index >= 15 is 0 Å². The molecule has 0 radical (unpaired) electrons. The zero-order chi connectivity index (χ0) is 25.9. The van der Waals surface area contributed by atoms with Crippen molar-refractivity contribution in [3.8, 4) is 11.4 Å². The van der Waals surface area contributed by atoms with Crippen molar-refractivity contribution in [2.75, 3.05) is 52.9 Å². The van der Waals surface area contributed by atoms with Gasteiger partial charge in [-0.15, -0.1) is 0 Å². The Hall–Kier alpha value is -3.07. The van der Waals surface area contributed by atoms with E-state index in [1.807, 2.05) is 54.6 Å². The second-order valence-corrected chi connectivity index (χ2v) is 10.5. The van der Waals surface area contributed by atoms with Crippen LogP contribution in [0.5, 0.6) is 5.75 Å². The maximum absolute atomic E-state index is 13.7. The highest BCUT2D eigenvalue weighted by Gasteiger charge is 2.33. The van der Waals surface area contributed by atoms with Gasteiger partial charge in [0, 0.05) is 45.2 Å². The fourth-order valence-corrected chi connectivity index (χ4v) is 4.94. The molecule has 0 saturated carbocycles. The van der Waals surface area contributed by atoms with Crippen molar-refractivity contribution in [3.63, 3.8) is 0 Å². The molecular formula is C27H39N5O4. The molecule has 196 valence electrons. The van der Waals surface area contributed by atoms with Crippen LogP contribution in [-0.2, 0) is 4.74 Å². The van der Waals surface area contributed by atoms with Gasteiger partial charge in [-0.25, -0.2) is 9.48 Å². The molecule has 0 aliphatic carbocycles. The van der Waals surface area contributed by atoms with Gasteiger partial charge >= 0.3 is 6.09 Å². The zero-order valence-corrected chi connectivity index (χ0v) is 22.2. The Morgan fingerprint density at radius 1 is 0.972 bits per heavy atom. The van der Waals surface area contributed by atoms with Gasteiger partial charge in [-0.2, -0.15) is 5.10 Å². The minimum absolute atomic E-state index is 0.0371. The first kappa shape index (κ1) is 26.0. The number of nitrogens with zero attached hydrogens (tertiary/aromatic N) is 5. The lowest BCUT2D eigenvalue weighted by Crippen LogP contribution is -2.48. The number of piperidine rings is 1. The van der Waals surface area contributed by atoms with Crippen LogP contribution < -0.4 is 4.74 Å². The summed E-state index contributed by atoms with van der Waals surface area (Å²) in [5.41, 5.74) is 1.94. The number of likely N-dealkylation sites (N-methyl/N-ethyl adjacent to an activating group) is 1. The average Bonchev–Trinajstić information content (AvgIpc) is 3.32. The summed E-state index contributed by atoms with van der Waals surface area (Å²) in [5.74, 6) is 0.905. The van der Waals surface area contributed by atoms with E-state index < -0.39 is 5.60 Å². The van der Waals surface area contributed by atoms with Crippen molar-refractivity contribution < 1.29 is 19.1 Å². The van der Waals surface area contributed by atoms with Crippen molar-refractivity contribution >= 4 is 12.0 Å². The Morgan fingerprint density at radius 3 is 2.17 bits per heavy atom. The average molecular weight is 498 g/mol. The Bertz CT molecular complexity index is 1040. The van der Waals surface area contributed by atoms with E-state index in [-0.39, 0.29) is 17.9 Å². The molecule has 2 saturated heterocycles. The predicted molar refractivity (Wildman–Crippen MR) is 138 cm³/mol. The first-order valence-electron chi connectivity index (χ1n) is 12.9. The highest BCUT2D eigenvalue weighted by atomic mass is 16.6. The van der Waals surface area contributed by atoms with Crippen LogP contribution in [0, 0.1) is 0 Å². The minimum atomic E-state index is -0.525. The molecule has 1 aromatic carbocycles. The van der Waals surface area contributed by atoms with Crippen LogP contribution in [0.1, 0.15) is 62.5 Å². The summed E-state index contributed by atoms with van der Waals surface area (Å²) in [7, 11) is 1.64. The van der Waals surface area contributed by atoms with E-state index in [1.165, 1.54) is 0 Å². The summed E-state index contributed by atoms with van der Waals surface area (Å²) in [6, 6.07) is 7.72. The number of benzene rings is 1. The molecule has 3 heterocycles. The highest BCUT2D eigenvalue weighted by molar-refractivity contribution is 5.95. The number of likely N-dealkylation sites (tertiary alicyclic amines) is 1. The zero-order valence-electron chi connectivity index (χ0n) is 22.2. The van der Waals surface area contributed by atoms with E-state index in [0.29, 0.717) is 18.7 Å². The Kier molecular flexibility index (Phi) is 7.88. The fraction of sp³-hybridized carbons (Fsp3) is 0.593. The largest absolute Gasteiger partial charge is 0.497 e. The lowest BCUT2D eigenvalue weighted by molar-refractivity contribution is 0.0202. The summed E-state index contributed by atoms with van der Waals surface area (Å²) >= 11 is 0. The van der Waals surface area contributed by atoms with Crippen molar-refractivity contribution in [1.29, 1.82) is 0 Å². The van der Waals surface area contributed by atoms with Crippen LogP contribution in [0.25, 0.3) is 5.69 Å². The van der Waals surface area contributed by atoms with Gasteiger partial charge in [-0.1, -0.05) is 6.92 Å². The van der Waals surface area contributed by atoms with Crippen LogP contribution >= 0.6 is 0 Å². The lowest BCUT2D eigenvalue weighted by atomic mass is 9.90. The van der Waals surface area contributed by atoms with Gasteiger partial charge in [0.15, 0.2) is 0 Å². The molecule has 0 spiro atoms. The number of hydrogen-bond donors (Lipinski definition) is 0. The van der Waals surface area contributed by atoms with Crippen LogP contribution in [0.2, 0.25) is 0 Å². The monoisotopic (exact) mass is 497 g/mol. The molecule has 2 aromatic rings. The summed E-state index contributed by atoms with van der Waals surface area (Å²) < 4.78 is 12.8. The Morgan fingerprint density at radius 2 is 1.61 bits per heavy atom. The van der Waals surface area contributed by atoms with Crippen molar-refractivity contribution in [2.45, 2.75) is 52.1 Å². The molecule has 9 nitrogen and oxygen atoms in total. The van der Waals surface area contributed by atoms with E-state index in [1.54, 1.807) is 18.2 Å². The smallest absolute Gasteiger partial charge is 0.410 e. The fourth-order valence-electron chi connectivity index (χ4n) is 4.94. The summed E-state index contributed by atoms with van der Waals surface area (Å²) in [6.07, 6.45) is 2.92. The molecular weight excluding hydrogens is 458 g/mol. The van der Waals surface area contributed by atoms with Crippen molar-refractivity contribution in [1.82, 2.24) is 24.5 Å². The van der Waals surface area contributed by atoms with Gasteiger partial charge in [0.25, 0.3) is 5.91 Å². The van der Waals surface area contributed by atoms with Crippen LogP contribution in [-0.4, -0.2) is 95.0 Å². The van der Waals surface area contributed by atoms with Gasteiger partial charge in [-0.3, -0.25) is 4.79 Å². The molecule has 2 amide bonds.